The SMILES string of the molecule is CCC1CCCCN1C(=O)c1cccc(COC)c1. The fourth-order valence-electron chi connectivity index (χ4n) is 2.82. The highest BCUT2D eigenvalue weighted by atomic mass is 16.5. The lowest BCUT2D eigenvalue weighted by atomic mass is 9.98. The van der Waals surface area contributed by atoms with Crippen LogP contribution in [0.5, 0.6) is 0 Å². The quantitative estimate of drug-likeness (QED) is 0.832. The van der Waals surface area contributed by atoms with Gasteiger partial charge in [0.25, 0.3) is 5.91 Å². The maximum atomic E-state index is 12.6. The summed E-state index contributed by atoms with van der Waals surface area (Å²) in [5, 5.41) is 0. The van der Waals surface area contributed by atoms with Crippen LogP contribution >= 0.6 is 0 Å². The minimum Gasteiger partial charge on any atom is -0.380 e. The monoisotopic (exact) mass is 261 g/mol. The number of amides is 1. The third-order valence-electron chi connectivity index (χ3n) is 3.84. The van der Waals surface area contributed by atoms with Gasteiger partial charge in [-0.05, 0) is 43.4 Å². The molecule has 0 aliphatic carbocycles. The second-order valence-corrected chi connectivity index (χ2v) is 5.19. The first-order valence-corrected chi connectivity index (χ1v) is 7.15. The predicted molar refractivity (Wildman–Crippen MR) is 76.1 cm³/mol. The zero-order chi connectivity index (χ0) is 13.7. The van der Waals surface area contributed by atoms with Gasteiger partial charge in [0, 0.05) is 25.3 Å². The van der Waals surface area contributed by atoms with Crippen LogP contribution in [0.3, 0.4) is 0 Å². The first-order valence-electron chi connectivity index (χ1n) is 7.15. The lowest BCUT2D eigenvalue weighted by Gasteiger charge is -2.35. The number of methoxy groups -OCH3 is 1. The summed E-state index contributed by atoms with van der Waals surface area (Å²) >= 11 is 0. The van der Waals surface area contributed by atoms with Crippen LogP contribution < -0.4 is 0 Å². The third kappa shape index (κ3) is 3.35. The molecule has 0 radical (unpaired) electrons. The lowest BCUT2D eigenvalue weighted by molar-refractivity contribution is 0.0607. The minimum absolute atomic E-state index is 0.171. The Morgan fingerprint density at radius 3 is 3.00 bits per heavy atom. The molecule has 1 unspecified atom stereocenters. The molecule has 1 saturated heterocycles. The Kier molecular flexibility index (Phi) is 4.97. The number of carbonyl (C=O) groups is 1. The van der Waals surface area contributed by atoms with Crippen LogP contribution in [0.25, 0.3) is 0 Å². The normalized spacial score (nSPS) is 19.5. The van der Waals surface area contributed by atoms with E-state index in [4.69, 9.17) is 4.74 Å². The Hall–Kier alpha value is -1.35. The van der Waals surface area contributed by atoms with E-state index in [1.54, 1.807) is 7.11 Å². The summed E-state index contributed by atoms with van der Waals surface area (Å²) in [6.45, 7) is 3.61. The van der Waals surface area contributed by atoms with Crippen molar-refractivity contribution in [3.8, 4) is 0 Å². The maximum Gasteiger partial charge on any atom is 0.254 e. The summed E-state index contributed by atoms with van der Waals surface area (Å²) < 4.78 is 5.13. The fraction of sp³-hybridized carbons (Fsp3) is 0.562. The number of hydrogen-bond acceptors (Lipinski definition) is 2. The average Bonchev–Trinajstić information content (AvgIpc) is 2.47. The van der Waals surface area contributed by atoms with Crippen molar-refractivity contribution in [1.29, 1.82) is 0 Å². The third-order valence-corrected chi connectivity index (χ3v) is 3.84. The number of rotatable bonds is 4. The van der Waals surface area contributed by atoms with Gasteiger partial charge in [-0.1, -0.05) is 19.1 Å². The molecule has 3 heteroatoms. The Morgan fingerprint density at radius 2 is 2.26 bits per heavy atom. The largest absolute Gasteiger partial charge is 0.380 e. The van der Waals surface area contributed by atoms with Crippen LogP contribution in [0.2, 0.25) is 0 Å². The molecule has 1 amide bonds. The molecule has 1 aromatic rings. The van der Waals surface area contributed by atoms with E-state index in [0.717, 1.165) is 36.9 Å². The van der Waals surface area contributed by atoms with Gasteiger partial charge in [-0.15, -0.1) is 0 Å². The van der Waals surface area contributed by atoms with Gasteiger partial charge >= 0.3 is 0 Å². The number of ether oxygens (including phenoxy) is 1. The Morgan fingerprint density at radius 1 is 1.42 bits per heavy atom. The van der Waals surface area contributed by atoms with Crippen LogP contribution in [0.4, 0.5) is 0 Å². The highest BCUT2D eigenvalue weighted by Crippen LogP contribution is 2.22. The molecule has 1 heterocycles. The average molecular weight is 261 g/mol. The number of carbonyl (C=O) groups excluding carboxylic acids is 1. The smallest absolute Gasteiger partial charge is 0.254 e. The molecule has 1 atom stereocenters. The van der Waals surface area contributed by atoms with Crippen LogP contribution in [0, 0.1) is 0 Å². The molecule has 2 rings (SSSR count). The lowest BCUT2D eigenvalue weighted by Crippen LogP contribution is -2.43. The summed E-state index contributed by atoms with van der Waals surface area (Å²) in [5.41, 5.74) is 1.84. The molecule has 19 heavy (non-hydrogen) atoms. The molecule has 0 aromatic heterocycles. The summed E-state index contributed by atoms with van der Waals surface area (Å²) in [6, 6.07) is 8.20. The standard InChI is InChI=1S/C16H23NO2/c1-3-15-9-4-5-10-17(15)16(18)14-8-6-7-13(11-14)12-19-2/h6-8,11,15H,3-5,9-10,12H2,1-2H3. The number of piperidine rings is 1. The van der Waals surface area contributed by atoms with Crippen LogP contribution in [0.15, 0.2) is 24.3 Å². The number of likely N-dealkylation sites (tertiary alicyclic amines) is 1. The van der Waals surface area contributed by atoms with E-state index in [1.807, 2.05) is 24.3 Å². The van der Waals surface area contributed by atoms with Gasteiger partial charge in [-0.2, -0.15) is 0 Å². The van der Waals surface area contributed by atoms with E-state index in [2.05, 4.69) is 11.8 Å². The van der Waals surface area contributed by atoms with Crippen molar-refractivity contribution in [2.45, 2.75) is 45.3 Å². The van der Waals surface area contributed by atoms with Crippen molar-refractivity contribution in [2.24, 2.45) is 0 Å². The topological polar surface area (TPSA) is 29.5 Å². The Labute approximate surface area is 115 Å². The second-order valence-electron chi connectivity index (χ2n) is 5.19. The van der Waals surface area contributed by atoms with Gasteiger partial charge in [0.1, 0.15) is 0 Å². The molecule has 0 spiro atoms. The molecule has 1 aliphatic heterocycles. The highest BCUT2D eigenvalue weighted by Gasteiger charge is 2.26. The summed E-state index contributed by atoms with van der Waals surface area (Å²) in [5.74, 6) is 0.171. The molecule has 0 saturated carbocycles. The number of nitrogens with zero attached hydrogens (tertiary/aromatic N) is 1. The van der Waals surface area contributed by atoms with Gasteiger partial charge in [-0.3, -0.25) is 4.79 Å². The minimum atomic E-state index is 0.171. The first kappa shape index (κ1) is 14.1. The fourth-order valence-corrected chi connectivity index (χ4v) is 2.82. The zero-order valence-electron chi connectivity index (χ0n) is 11.9. The Balaban J connectivity index is 2.15. The molecule has 0 N–H and O–H groups in total. The van der Waals surface area contributed by atoms with Gasteiger partial charge in [0.05, 0.1) is 6.61 Å². The zero-order valence-corrected chi connectivity index (χ0v) is 11.9. The van der Waals surface area contributed by atoms with Crippen molar-refractivity contribution in [3.63, 3.8) is 0 Å². The molecule has 0 bridgehead atoms. The van der Waals surface area contributed by atoms with Crippen molar-refractivity contribution >= 4 is 5.91 Å². The van der Waals surface area contributed by atoms with E-state index in [0.29, 0.717) is 12.6 Å². The first-order chi connectivity index (χ1) is 9.26. The summed E-state index contributed by atoms with van der Waals surface area (Å²) in [6.07, 6.45) is 4.55. The number of benzene rings is 1. The van der Waals surface area contributed by atoms with Crippen molar-refractivity contribution in [1.82, 2.24) is 4.90 Å². The van der Waals surface area contributed by atoms with Crippen molar-refractivity contribution in [3.05, 3.63) is 35.4 Å². The van der Waals surface area contributed by atoms with Gasteiger partial charge in [0.2, 0.25) is 0 Å². The molecular weight excluding hydrogens is 238 g/mol. The second kappa shape index (κ2) is 6.71. The molecule has 1 fully saturated rings. The summed E-state index contributed by atoms with van der Waals surface area (Å²) in [7, 11) is 1.67. The van der Waals surface area contributed by atoms with E-state index >= 15 is 0 Å². The van der Waals surface area contributed by atoms with Crippen LogP contribution in [-0.4, -0.2) is 30.5 Å². The molecular formula is C16H23NO2. The van der Waals surface area contributed by atoms with E-state index in [9.17, 15) is 4.79 Å². The maximum absolute atomic E-state index is 12.6. The summed E-state index contributed by atoms with van der Waals surface area (Å²) in [4.78, 5) is 14.7. The molecule has 3 nitrogen and oxygen atoms in total. The van der Waals surface area contributed by atoms with Crippen LogP contribution in [0.1, 0.15) is 48.5 Å². The predicted octanol–water partition coefficient (Wildman–Crippen LogP) is 3.24. The van der Waals surface area contributed by atoms with E-state index in [-0.39, 0.29) is 5.91 Å². The van der Waals surface area contributed by atoms with Crippen molar-refractivity contribution in [2.75, 3.05) is 13.7 Å². The Bertz CT molecular complexity index is 431. The molecule has 1 aromatic carbocycles. The number of hydrogen-bond donors (Lipinski definition) is 0. The van der Waals surface area contributed by atoms with E-state index in [1.165, 1.54) is 6.42 Å². The molecule has 104 valence electrons. The van der Waals surface area contributed by atoms with Gasteiger partial charge in [0.15, 0.2) is 0 Å². The van der Waals surface area contributed by atoms with Gasteiger partial charge < -0.3 is 9.64 Å². The van der Waals surface area contributed by atoms with Crippen LogP contribution in [-0.2, 0) is 11.3 Å². The highest BCUT2D eigenvalue weighted by molar-refractivity contribution is 5.94. The molecule has 1 aliphatic rings. The van der Waals surface area contributed by atoms with Gasteiger partial charge in [-0.25, -0.2) is 0 Å². The van der Waals surface area contributed by atoms with Crippen molar-refractivity contribution < 1.29 is 9.53 Å². The van der Waals surface area contributed by atoms with E-state index < -0.39 is 0 Å².